The molecule has 1 aliphatic rings. The van der Waals surface area contributed by atoms with Crippen LogP contribution >= 0.6 is 0 Å². The molecule has 140 valence electrons. The molecule has 1 aliphatic heterocycles. The molecule has 0 spiro atoms. The van der Waals surface area contributed by atoms with Crippen LogP contribution in [0.3, 0.4) is 0 Å². The normalized spacial score (nSPS) is 16.8. The second-order valence-electron chi connectivity index (χ2n) is 7.16. The minimum atomic E-state index is -4.58. The van der Waals surface area contributed by atoms with Crippen molar-refractivity contribution < 1.29 is 18.0 Å². The quantitative estimate of drug-likeness (QED) is 0.751. The Hall–Kier alpha value is -1.63. The summed E-state index contributed by atoms with van der Waals surface area (Å²) in [6.07, 6.45) is -1.63. The molecule has 0 amide bonds. The van der Waals surface area contributed by atoms with Gasteiger partial charge in [-0.3, -0.25) is 9.59 Å². The highest BCUT2D eigenvalue weighted by atomic mass is 19.4. The number of hydrogen-bond donors (Lipinski definition) is 0. The van der Waals surface area contributed by atoms with Crippen LogP contribution in [0.2, 0.25) is 0 Å². The monoisotopic (exact) mass is 358 g/mol. The first-order valence-electron chi connectivity index (χ1n) is 8.64. The third-order valence-corrected chi connectivity index (χ3v) is 4.61. The van der Waals surface area contributed by atoms with E-state index in [9.17, 15) is 22.8 Å². The third kappa shape index (κ3) is 4.93. The highest BCUT2D eigenvalue weighted by Crippen LogP contribution is 2.32. The SMILES string of the molecule is CC(=O)C(CC(C)C)n1cc(CCN2CCC2)c(C(F)(F)F)cc1=O. The van der Waals surface area contributed by atoms with Crippen LogP contribution in [0.25, 0.3) is 0 Å². The number of carbonyl (C=O) groups excluding carboxylic acids is 1. The van der Waals surface area contributed by atoms with Gasteiger partial charge < -0.3 is 9.47 Å². The Balaban J connectivity index is 2.42. The lowest BCUT2D eigenvalue weighted by molar-refractivity contribution is -0.138. The zero-order valence-corrected chi connectivity index (χ0v) is 14.9. The first kappa shape index (κ1) is 19.7. The maximum absolute atomic E-state index is 13.3. The Kier molecular flexibility index (Phi) is 6.08. The van der Waals surface area contributed by atoms with Crippen molar-refractivity contribution in [1.29, 1.82) is 0 Å². The van der Waals surface area contributed by atoms with Crippen LogP contribution in [0.4, 0.5) is 13.2 Å². The number of carbonyl (C=O) groups is 1. The lowest BCUT2D eigenvalue weighted by atomic mass is 9.99. The molecule has 4 nitrogen and oxygen atoms in total. The summed E-state index contributed by atoms with van der Waals surface area (Å²) in [7, 11) is 0. The summed E-state index contributed by atoms with van der Waals surface area (Å²) in [5, 5.41) is 0. The Labute approximate surface area is 145 Å². The predicted octanol–water partition coefficient (Wildman–Crippen LogP) is 3.29. The van der Waals surface area contributed by atoms with Gasteiger partial charge in [-0.25, -0.2) is 0 Å². The fourth-order valence-electron chi connectivity index (χ4n) is 3.10. The van der Waals surface area contributed by atoms with E-state index in [-0.39, 0.29) is 23.7 Å². The number of nitrogens with zero attached hydrogens (tertiary/aromatic N) is 2. The van der Waals surface area contributed by atoms with Crippen molar-refractivity contribution in [3.05, 3.63) is 33.7 Å². The summed E-state index contributed by atoms with van der Waals surface area (Å²) in [5.74, 6) is -0.0723. The molecule has 0 aliphatic carbocycles. The van der Waals surface area contributed by atoms with Gasteiger partial charge in [0.25, 0.3) is 5.56 Å². The van der Waals surface area contributed by atoms with E-state index in [0.29, 0.717) is 19.0 Å². The summed E-state index contributed by atoms with van der Waals surface area (Å²) in [5.41, 5.74) is -1.59. The second kappa shape index (κ2) is 7.72. The molecule has 0 aromatic carbocycles. The molecule has 1 aromatic heterocycles. The molecule has 1 fully saturated rings. The van der Waals surface area contributed by atoms with Crippen molar-refractivity contribution >= 4 is 5.78 Å². The van der Waals surface area contributed by atoms with Crippen LogP contribution < -0.4 is 5.56 Å². The smallest absolute Gasteiger partial charge is 0.305 e. The van der Waals surface area contributed by atoms with E-state index in [0.717, 1.165) is 19.5 Å². The van der Waals surface area contributed by atoms with Gasteiger partial charge >= 0.3 is 6.18 Å². The molecule has 2 heterocycles. The summed E-state index contributed by atoms with van der Waals surface area (Å²) >= 11 is 0. The molecular weight excluding hydrogens is 333 g/mol. The largest absolute Gasteiger partial charge is 0.416 e. The van der Waals surface area contributed by atoms with Gasteiger partial charge in [0.05, 0.1) is 11.6 Å². The van der Waals surface area contributed by atoms with Gasteiger partial charge in [-0.05, 0) is 50.8 Å². The summed E-state index contributed by atoms with van der Waals surface area (Å²) in [6.45, 7) is 7.51. The molecule has 1 atom stereocenters. The van der Waals surface area contributed by atoms with E-state index in [1.807, 2.05) is 13.8 Å². The summed E-state index contributed by atoms with van der Waals surface area (Å²) in [6, 6.07) is -0.0839. The minimum absolute atomic E-state index is 0.0778. The van der Waals surface area contributed by atoms with Gasteiger partial charge in [-0.2, -0.15) is 13.2 Å². The van der Waals surface area contributed by atoms with Crippen molar-refractivity contribution in [3.8, 4) is 0 Å². The fraction of sp³-hybridized carbons (Fsp3) is 0.667. The number of halogens is 3. The van der Waals surface area contributed by atoms with Crippen LogP contribution in [0.15, 0.2) is 17.1 Å². The third-order valence-electron chi connectivity index (χ3n) is 4.61. The van der Waals surface area contributed by atoms with Crippen molar-refractivity contribution in [2.75, 3.05) is 19.6 Å². The lowest BCUT2D eigenvalue weighted by Crippen LogP contribution is -2.39. The molecule has 0 bridgehead atoms. The van der Waals surface area contributed by atoms with E-state index in [2.05, 4.69) is 4.90 Å². The average Bonchev–Trinajstić information content (AvgIpc) is 2.43. The molecule has 7 heteroatoms. The maximum Gasteiger partial charge on any atom is 0.416 e. The predicted molar refractivity (Wildman–Crippen MR) is 89.6 cm³/mol. The molecule has 2 rings (SSSR count). The number of rotatable bonds is 7. The Morgan fingerprint density at radius 1 is 1.28 bits per heavy atom. The van der Waals surface area contributed by atoms with Crippen LogP contribution in [0.5, 0.6) is 0 Å². The van der Waals surface area contributed by atoms with E-state index in [1.54, 1.807) is 0 Å². The highest BCUT2D eigenvalue weighted by Gasteiger charge is 2.35. The van der Waals surface area contributed by atoms with Crippen molar-refractivity contribution in [3.63, 3.8) is 0 Å². The van der Waals surface area contributed by atoms with Gasteiger partial charge in [0.2, 0.25) is 0 Å². The lowest BCUT2D eigenvalue weighted by Gasteiger charge is -2.31. The Bertz CT molecular complexity index is 676. The van der Waals surface area contributed by atoms with Crippen LogP contribution in [0, 0.1) is 5.92 Å². The summed E-state index contributed by atoms with van der Waals surface area (Å²) < 4.78 is 41.1. The standard InChI is InChI=1S/C18H25F3N2O2/c1-12(2)9-16(13(3)24)23-11-14(5-8-22-6-4-7-22)15(10-17(23)25)18(19,20)21/h10-12,16H,4-9H2,1-3H3. The highest BCUT2D eigenvalue weighted by molar-refractivity contribution is 5.80. The van der Waals surface area contributed by atoms with E-state index in [4.69, 9.17) is 0 Å². The minimum Gasteiger partial charge on any atom is -0.305 e. The Morgan fingerprint density at radius 2 is 1.92 bits per heavy atom. The first-order chi connectivity index (χ1) is 11.6. The van der Waals surface area contributed by atoms with E-state index in [1.165, 1.54) is 17.7 Å². The molecule has 0 N–H and O–H groups in total. The van der Waals surface area contributed by atoms with E-state index < -0.39 is 23.3 Å². The van der Waals surface area contributed by atoms with Crippen LogP contribution in [-0.2, 0) is 17.4 Å². The Morgan fingerprint density at radius 3 is 2.36 bits per heavy atom. The van der Waals surface area contributed by atoms with Gasteiger partial charge in [0.1, 0.15) is 0 Å². The first-order valence-corrected chi connectivity index (χ1v) is 8.64. The molecule has 1 saturated heterocycles. The molecule has 0 radical (unpaired) electrons. The number of alkyl halides is 3. The zero-order chi connectivity index (χ0) is 18.8. The van der Waals surface area contributed by atoms with Gasteiger partial charge in [-0.1, -0.05) is 13.8 Å². The van der Waals surface area contributed by atoms with Crippen molar-refractivity contribution in [1.82, 2.24) is 9.47 Å². The maximum atomic E-state index is 13.3. The molecule has 1 aromatic rings. The second-order valence-corrected chi connectivity index (χ2v) is 7.16. The number of aromatic nitrogens is 1. The van der Waals surface area contributed by atoms with Gasteiger partial charge in [0.15, 0.2) is 5.78 Å². The zero-order valence-electron chi connectivity index (χ0n) is 14.9. The number of likely N-dealkylation sites (tertiary alicyclic amines) is 1. The van der Waals surface area contributed by atoms with Crippen LogP contribution in [-0.4, -0.2) is 34.9 Å². The molecular formula is C18H25F3N2O2. The van der Waals surface area contributed by atoms with Gasteiger partial charge in [0, 0.05) is 18.8 Å². The average molecular weight is 358 g/mol. The summed E-state index contributed by atoms with van der Waals surface area (Å²) in [4.78, 5) is 26.3. The van der Waals surface area contributed by atoms with Crippen LogP contribution in [0.1, 0.15) is 50.8 Å². The number of Topliss-reactive ketones (excluding diaryl/α,β-unsaturated/α-hetero) is 1. The molecule has 25 heavy (non-hydrogen) atoms. The molecule has 1 unspecified atom stereocenters. The number of pyridine rings is 1. The van der Waals surface area contributed by atoms with Gasteiger partial charge in [-0.15, -0.1) is 0 Å². The number of ketones is 1. The fourth-order valence-corrected chi connectivity index (χ4v) is 3.10. The van der Waals surface area contributed by atoms with Crippen molar-refractivity contribution in [2.24, 2.45) is 5.92 Å². The molecule has 0 saturated carbocycles. The topological polar surface area (TPSA) is 42.3 Å². The van der Waals surface area contributed by atoms with E-state index >= 15 is 0 Å². The van der Waals surface area contributed by atoms with Crippen molar-refractivity contribution in [2.45, 2.75) is 52.3 Å². The number of hydrogen-bond acceptors (Lipinski definition) is 3.